The molecule has 0 radical (unpaired) electrons. The number of pyridine rings is 1. The van der Waals surface area contributed by atoms with Gasteiger partial charge in [-0.15, -0.1) is 0 Å². The fourth-order valence-corrected chi connectivity index (χ4v) is 3.40. The van der Waals surface area contributed by atoms with E-state index in [1.807, 2.05) is 67.6 Å². The van der Waals surface area contributed by atoms with Gasteiger partial charge < -0.3 is 4.57 Å². The summed E-state index contributed by atoms with van der Waals surface area (Å²) < 4.78 is 16.5. The molecular weight excluding hydrogens is 433 g/mol. The molecule has 2 N–H and O–H groups in total. The molecule has 8 heteroatoms. The lowest BCUT2D eigenvalue weighted by Gasteiger charge is -2.13. The summed E-state index contributed by atoms with van der Waals surface area (Å²) in [5.74, 6) is -1.33. The Kier molecular flexibility index (Phi) is 6.88. The number of anilines is 1. The van der Waals surface area contributed by atoms with Crippen LogP contribution in [-0.2, 0) is 6.54 Å². The molecule has 0 atom stereocenters. The van der Waals surface area contributed by atoms with Crippen LogP contribution in [0, 0.1) is 5.82 Å². The van der Waals surface area contributed by atoms with Gasteiger partial charge in [0.15, 0.2) is 0 Å². The first-order valence-electron chi connectivity index (χ1n) is 10.7. The van der Waals surface area contributed by atoms with E-state index in [2.05, 4.69) is 21.1 Å². The van der Waals surface area contributed by atoms with Crippen LogP contribution in [-0.4, -0.2) is 22.9 Å². The number of hydrogen-bond acceptors (Lipinski definition) is 5. The van der Waals surface area contributed by atoms with E-state index in [-0.39, 0.29) is 16.6 Å². The number of aryl methyl sites for hydroxylation is 1. The van der Waals surface area contributed by atoms with Gasteiger partial charge in [-0.1, -0.05) is 60.7 Å². The van der Waals surface area contributed by atoms with Gasteiger partial charge in [0.25, 0.3) is 5.91 Å². The van der Waals surface area contributed by atoms with Crippen molar-refractivity contribution in [3.8, 4) is 0 Å². The molecule has 0 aliphatic rings. The van der Waals surface area contributed by atoms with Gasteiger partial charge in [-0.2, -0.15) is 10.2 Å². The lowest BCUT2D eigenvalue weighted by molar-refractivity contribution is 0.0953. The van der Waals surface area contributed by atoms with Crippen LogP contribution >= 0.6 is 0 Å². The molecule has 0 saturated heterocycles. The molecule has 0 saturated carbocycles. The van der Waals surface area contributed by atoms with E-state index in [0.717, 1.165) is 17.2 Å². The predicted molar refractivity (Wildman–Crippen MR) is 133 cm³/mol. The summed E-state index contributed by atoms with van der Waals surface area (Å²) >= 11 is 0. The second kappa shape index (κ2) is 10.4. The number of fused-ring (bicyclic) bond motifs is 1. The molecule has 7 nitrogen and oxygen atoms in total. The van der Waals surface area contributed by atoms with Crippen molar-refractivity contribution in [2.75, 3.05) is 5.43 Å². The second-order valence-electron chi connectivity index (χ2n) is 7.40. The van der Waals surface area contributed by atoms with E-state index >= 15 is 0 Å². The van der Waals surface area contributed by atoms with Crippen molar-refractivity contribution in [2.45, 2.75) is 13.5 Å². The van der Waals surface area contributed by atoms with Crippen LogP contribution in [0.5, 0.6) is 0 Å². The number of carbonyl (C=O) groups is 1. The highest BCUT2D eigenvalue weighted by molar-refractivity contribution is 5.98. The maximum atomic E-state index is 14.8. The zero-order chi connectivity index (χ0) is 23.9. The minimum atomic E-state index is -0.670. The third-order valence-electron chi connectivity index (χ3n) is 5.13. The number of hydrazone groups is 2. The topological polar surface area (TPSA) is 87.8 Å². The highest BCUT2D eigenvalue weighted by Crippen LogP contribution is 2.22. The van der Waals surface area contributed by atoms with Gasteiger partial charge in [0, 0.05) is 18.1 Å². The van der Waals surface area contributed by atoms with Crippen LogP contribution in [0.1, 0.15) is 28.4 Å². The minimum absolute atomic E-state index is 0.0941. The standard InChI is InChI=1S/C26H22FN5O2/c1-2-32-17-21(26(34)31-29-16-19-11-7-4-8-12-19)25(33)20-13-22(27)23(14-24(20)32)30-28-15-18-9-5-3-6-10-18/h3-17,30H,2H2,1H3,(H,31,34). The number of benzene rings is 3. The fraction of sp³-hybridized carbons (Fsp3) is 0.0769. The van der Waals surface area contributed by atoms with Gasteiger partial charge in [-0.05, 0) is 30.2 Å². The molecule has 0 unspecified atom stereocenters. The minimum Gasteiger partial charge on any atom is -0.347 e. The summed E-state index contributed by atoms with van der Waals surface area (Å²) in [5.41, 5.74) is 6.60. The van der Waals surface area contributed by atoms with Crippen LogP contribution in [0.15, 0.2) is 94.0 Å². The molecule has 1 heterocycles. The number of amides is 1. The highest BCUT2D eigenvalue weighted by atomic mass is 19.1. The quantitative estimate of drug-likeness (QED) is 0.320. The van der Waals surface area contributed by atoms with E-state index < -0.39 is 17.2 Å². The fourth-order valence-electron chi connectivity index (χ4n) is 3.40. The Hall–Kier alpha value is -4.59. The monoisotopic (exact) mass is 455 g/mol. The van der Waals surface area contributed by atoms with Crippen molar-refractivity contribution < 1.29 is 9.18 Å². The van der Waals surface area contributed by atoms with Crippen LogP contribution < -0.4 is 16.3 Å². The molecule has 0 spiro atoms. The summed E-state index contributed by atoms with van der Waals surface area (Å²) in [7, 11) is 0. The number of aromatic nitrogens is 1. The van der Waals surface area contributed by atoms with Crippen molar-refractivity contribution in [3.63, 3.8) is 0 Å². The van der Waals surface area contributed by atoms with E-state index in [1.54, 1.807) is 10.8 Å². The molecule has 0 aliphatic carbocycles. The third kappa shape index (κ3) is 5.07. The van der Waals surface area contributed by atoms with E-state index in [0.29, 0.717) is 12.1 Å². The molecular formula is C26H22FN5O2. The maximum absolute atomic E-state index is 14.8. The number of carbonyl (C=O) groups excluding carboxylic acids is 1. The largest absolute Gasteiger partial charge is 0.347 e. The van der Waals surface area contributed by atoms with Gasteiger partial charge in [0.05, 0.1) is 23.6 Å². The zero-order valence-electron chi connectivity index (χ0n) is 18.4. The molecule has 3 aromatic carbocycles. The van der Waals surface area contributed by atoms with Crippen molar-refractivity contribution in [1.29, 1.82) is 0 Å². The van der Waals surface area contributed by atoms with Crippen molar-refractivity contribution >= 4 is 34.9 Å². The summed E-state index contributed by atoms with van der Waals surface area (Å²) in [6, 6.07) is 21.2. The Labute approximate surface area is 195 Å². The van der Waals surface area contributed by atoms with Gasteiger partial charge in [0.2, 0.25) is 5.43 Å². The number of hydrogen-bond donors (Lipinski definition) is 2. The lowest BCUT2D eigenvalue weighted by atomic mass is 10.1. The van der Waals surface area contributed by atoms with E-state index in [1.165, 1.54) is 18.5 Å². The Morgan fingerprint density at radius 1 is 0.971 bits per heavy atom. The average Bonchev–Trinajstić information content (AvgIpc) is 2.86. The molecule has 4 aromatic rings. The van der Waals surface area contributed by atoms with Crippen molar-refractivity contribution in [1.82, 2.24) is 9.99 Å². The van der Waals surface area contributed by atoms with Gasteiger partial charge >= 0.3 is 0 Å². The van der Waals surface area contributed by atoms with E-state index in [9.17, 15) is 14.0 Å². The molecule has 34 heavy (non-hydrogen) atoms. The average molecular weight is 455 g/mol. The molecule has 4 rings (SSSR count). The Bertz CT molecular complexity index is 1430. The van der Waals surface area contributed by atoms with Gasteiger partial charge in [-0.25, -0.2) is 9.82 Å². The molecule has 0 aliphatic heterocycles. The van der Waals surface area contributed by atoms with Crippen molar-refractivity contribution in [2.24, 2.45) is 10.2 Å². The van der Waals surface area contributed by atoms with Crippen LogP contribution in [0.4, 0.5) is 10.1 Å². The SMILES string of the molecule is CCn1cc(C(=O)NN=Cc2ccccc2)c(=O)c2cc(F)c(NN=Cc3ccccc3)cc21. The van der Waals surface area contributed by atoms with Gasteiger partial charge in [0.1, 0.15) is 11.4 Å². The maximum Gasteiger partial charge on any atom is 0.276 e. The Morgan fingerprint density at radius 2 is 1.59 bits per heavy atom. The summed E-state index contributed by atoms with van der Waals surface area (Å²) in [5, 5.41) is 8.09. The lowest BCUT2D eigenvalue weighted by Crippen LogP contribution is -2.27. The number of halogens is 1. The van der Waals surface area contributed by atoms with Crippen molar-refractivity contribution in [3.05, 3.63) is 112 Å². The molecule has 0 fully saturated rings. The van der Waals surface area contributed by atoms with Crippen LogP contribution in [0.3, 0.4) is 0 Å². The zero-order valence-corrected chi connectivity index (χ0v) is 18.4. The predicted octanol–water partition coefficient (Wildman–Crippen LogP) is 4.37. The summed E-state index contributed by atoms with van der Waals surface area (Å²) in [6.07, 6.45) is 4.50. The molecule has 170 valence electrons. The Morgan fingerprint density at radius 3 is 2.21 bits per heavy atom. The number of nitrogens with zero attached hydrogens (tertiary/aromatic N) is 3. The number of rotatable bonds is 7. The van der Waals surface area contributed by atoms with Crippen LogP contribution in [0.2, 0.25) is 0 Å². The first-order valence-corrected chi connectivity index (χ1v) is 10.7. The molecule has 1 amide bonds. The van der Waals surface area contributed by atoms with E-state index in [4.69, 9.17) is 0 Å². The summed E-state index contributed by atoms with van der Waals surface area (Å²) in [6.45, 7) is 2.33. The normalized spacial score (nSPS) is 11.4. The highest BCUT2D eigenvalue weighted by Gasteiger charge is 2.17. The second-order valence-corrected chi connectivity index (χ2v) is 7.40. The molecule has 0 bridgehead atoms. The smallest absolute Gasteiger partial charge is 0.276 e. The Balaban J connectivity index is 1.62. The van der Waals surface area contributed by atoms with Crippen LogP contribution in [0.25, 0.3) is 10.9 Å². The first-order chi connectivity index (χ1) is 16.6. The third-order valence-corrected chi connectivity index (χ3v) is 5.13. The van der Waals surface area contributed by atoms with Gasteiger partial charge in [-0.3, -0.25) is 15.0 Å². The number of nitrogens with one attached hydrogen (secondary N) is 2. The first kappa shape index (κ1) is 22.6. The molecule has 1 aromatic heterocycles. The summed E-state index contributed by atoms with van der Waals surface area (Å²) in [4.78, 5) is 25.6.